The number of nitrogens with zero attached hydrogens (tertiary/aromatic N) is 5. The summed E-state index contributed by atoms with van der Waals surface area (Å²) in [4.78, 5) is 0. The van der Waals surface area contributed by atoms with E-state index in [0.29, 0.717) is 28.1 Å². The van der Waals surface area contributed by atoms with E-state index in [9.17, 15) is 0 Å². The van der Waals surface area contributed by atoms with Gasteiger partial charge >= 0.3 is 0 Å². The van der Waals surface area contributed by atoms with Gasteiger partial charge in [-0.05, 0) is 245 Å². The number of rotatable bonds is 18. The van der Waals surface area contributed by atoms with Crippen LogP contribution < -0.4 is 48.8 Å². The summed E-state index contributed by atoms with van der Waals surface area (Å²) >= 11 is 0. The maximum Gasteiger partial charge on any atom is 0.212 e. The minimum Gasteiger partial charge on any atom is -0.201 e. The summed E-state index contributed by atoms with van der Waals surface area (Å²) in [6.45, 7) is 101. The van der Waals surface area contributed by atoms with E-state index in [1.54, 1.807) is 42.6 Å². The van der Waals surface area contributed by atoms with Crippen molar-refractivity contribution in [3.8, 4) is 56.3 Å². The first-order chi connectivity index (χ1) is 59.5. The van der Waals surface area contributed by atoms with Crippen molar-refractivity contribution in [1.82, 2.24) is 0 Å². The lowest BCUT2D eigenvalue weighted by atomic mass is 9.84. The van der Waals surface area contributed by atoms with Gasteiger partial charge in [-0.3, -0.25) is 0 Å². The highest BCUT2D eigenvalue weighted by Gasteiger charge is 2.37. The molecule has 5 aromatic heterocycles. The molecule has 1 aliphatic carbocycles. The maximum absolute atomic E-state index is 2.54. The summed E-state index contributed by atoms with van der Waals surface area (Å²) < 4.78 is 11.8. The van der Waals surface area contributed by atoms with E-state index >= 15 is 0 Å². The van der Waals surface area contributed by atoms with Gasteiger partial charge in [0.05, 0.1) is 40.4 Å². The van der Waals surface area contributed by atoms with E-state index in [-0.39, 0.29) is 16.2 Å². The van der Waals surface area contributed by atoms with Crippen LogP contribution in [0.2, 0.25) is 98.2 Å². The molecule has 714 valence electrons. The first-order valence-corrected chi connectivity index (χ1v) is 67.7. The third-order valence-electron chi connectivity index (χ3n) is 26.3. The molecule has 5 nitrogen and oxygen atoms in total. The van der Waals surface area contributed by atoms with Crippen molar-refractivity contribution in [2.45, 2.75) is 373 Å². The zero-order valence-corrected chi connectivity index (χ0v) is 98.3. The lowest BCUT2D eigenvalue weighted by molar-refractivity contribution is -0.659. The molecule has 0 atom stereocenters. The maximum atomic E-state index is 2.54. The van der Waals surface area contributed by atoms with Crippen molar-refractivity contribution in [2.75, 3.05) is 0 Å². The monoisotopic (exact) mass is 1850 g/mol. The fraction of sp³-hybridized carbons (Fsp3) is 0.545. The van der Waals surface area contributed by atoms with Crippen molar-refractivity contribution in [2.24, 2.45) is 62.8 Å². The third-order valence-corrected chi connectivity index (χ3v) is 36.6. The molecule has 0 saturated heterocycles. The average Bonchev–Trinajstić information content (AvgIpc) is 1.24. The van der Waals surface area contributed by atoms with Crippen LogP contribution in [0, 0.1) is 69.1 Å². The molecule has 10 heteroatoms. The molecule has 0 radical (unpaired) electrons. The highest BCUT2D eigenvalue weighted by molar-refractivity contribution is 6.90. The third kappa shape index (κ3) is 31.5. The van der Waals surface area contributed by atoms with Gasteiger partial charge in [-0.25, -0.2) is 22.8 Å². The van der Waals surface area contributed by atoms with E-state index in [1.807, 2.05) is 0 Å². The summed E-state index contributed by atoms with van der Waals surface area (Å²) in [5.74, 6) is 2.00. The first-order valence-electron chi connectivity index (χ1n) is 50.2. The van der Waals surface area contributed by atoms with E-state index < -0.39 is 40.4 Å². The number of benzene rings is 5. The highest BCUT2D eigenvalue weighted by atomic mass is 28.3. The fourth-order valence-electron chi connectivity index (χ4n) is 19.2. The molecule has 0 amide bonds. The standard InChI is InChI=1S/C25H38NSi.2C25H40NSi.C24H38NSi.C22H34NSi/c1-18-15-20(25(2,3)4)13-14-21(18)23-16-22(19-11-9-10-12-19)24(17-26(23)5)27(6,7)8;1-18-12-13-20(25(5,6)7)15-21(18)22-14-19(16-24(2,3)4)23(17-26(22)8)27(9,10)11;1-18(2)13-20-12-11-19(3)22(14-20)23-15-21(16-25(4,5)6)24(17-26(23)7)27(8,9)10;1-17(2)19-12-11-18(3)21(13-19)22-14-20(15-24(4,5)6)23(16-25(22)7)26(8,9)10;1-16-10-11-17(2)19(12-16)20-13-18(14-22(3,4)5)21(15-23(20)6)24(7,8)9/h13-17,19H,9-12H2,1-8H3;12-15,17H,16H2,1-11H3;11-12,14-15,17-18H,13,16H2,1-10H3;11-14,16-17H,15H2,1-10H3;10-13,15H,14H2,1-9H3/q5*+1. The second kappa shape index (κ2) is 42.7. The topological polar surface area (TPSA) is 19.4 Å². The molecule has 0 aliphatic heterocycles. The molecule has 1 aliphatic rings. The molecule has 0 N–H and O–H groups in total. The Morgan fingerprint density at radius 2 is 0.588 bits per heavy atom. The van der Waals surface area contributed by atoms with Crippen molar-refractivity contribution in [1.29, 1.82) is 0 Å². The second-order valence-electron chi connectivity index (χ2n) is 53.0. The minimum absolute atomic E-state index is 0.160. The van der Waals surface area contributed by atoms with E-state index in [0.717, 1.165) is 38.0 Å². The summed E-state index contributed by atoms with van der Waals surface area (Å²) in [6.07, 6.45) is 23.3. The van der Waals surface area contributed by atoms with Gasteiger partial charge in [0.1, 0.15) is 35.2 Å². The second-order valence-corrected chi connectivity index (χ2v) is 78.2. The van der Waals surface area contributed by atoms with Crippen LogP contribution in [-0.2, 0) is 78.2 Å². The summed E-state index contributed by atoms with van der Waals surface area (Å²) in [5.41, 5.74) is 36.7. The van der Waals surface area contributed by atoms with Crippen LogP contribution in [0.1, 0.15) is 273 Å². The van der Waals surface area contributed by atoms with Gasteiger partial charge in [0.15, 0.2) is 31.0 Å². The Morgan fingerprint density at radius 3 is 0.908 bits per heavy atom. The average molecular weight is 1860 g/mol. The zero-order valence-electron chi connectivity index (χ0n) is 93.3. The molecule has 10 aromatic rings. The molecular formula is C121H190N5Si5+5. The number of aromatic nitrogens is 5. The lowest BCUT2D eigenvalue weighted by Gasteiger charge is -2.25. The molecule has 0 unspecified atom stereocenters. The molecule has 5 aromatic carbocycles. The van der Waals surface area contributed by atoms with E-state index in [2.05, 4.69) is 502 Å². The largest absolute Gasteiger partial charge is 0.212 e. The number of pyridine rings is 5. The molecule has 1 fully saturated rings. The van der Waals surface area contributed by atoms with Gasteiger partial charge in [-0.15, -0.1) is 0 Å². The number of hydrogen-bond acceptors (Lipinski definition) is 0. The van der Waals surface area contributed by atoms with Crippen LogP contribution in [0.4, 0.5) is 0 Å². The molecular weight excluding hydrogens is 1660 g/mol. The van der Waals surface area contributed by atoms with Crippen LogP contribution in [-0.4, -0.2) is 40.4 Å². The van der Waals surface area contributed by atoms with Crippen molar-refractivity contribution < 1.29 is 22.8 Å². The quantitative estimate of drug-likeness (QED) is 0.0603. The van der Waals surface area contributed by atoms with Gasteiger partial charge in [0.2, 0.25) is 28.5 Å². The van der Waals surface area contributed by atoms with Gasteiger partial charge in [0, 0.05) is 84.1 Å². The molecule has 1 saturated carbocycles. The molecule has 0 spiro atoms. The van der Waals surface area contributed by atoms with Crippen LogP contribution in [0.5, 0.6) is 0 Å². The van der Waals surface area contributed by atoms with Crippen LogP contribution in [0.25, 0.3) is 56.3 Å². The Balaban J connectivity index is 0.000000224. The summed E-state index contributed by atoms with van der Waals surface area (Å²) in [5, 5.41) is 8.03. The SMILES string of the molecule is Cc1cc(C(C)(C)C)ccc1-c1cc(C2CCCC2)c([Si](C)(C)C)c[n+]1C.Cc1ccc(C(C)(C)C)cc1-c1cc(CC(C)(C)C)c([Si](C)(C)C)c[n+]1C.Cc1ccc(C(C)C)cc1-c1cc(CC(C)(C)C)c([Si](C)(C)C)c[n+]1C.Cc1ccc(C)c(-c2cc(CC(C)(C)C)c([Si](C)(C)C)c[n+]2C)c1.Cc1ccc(CC(C)C)cc1-c1cc(CC(C)(C)C)c([Si](C)(C)C)c[n+]1C. The molecule has 11 rings (SSSR count). The van der Waals surface area contributed by atoms with Gasteiger partial charge in [-0.1, -0.05) is 330 Å². The number of aryl methyl sites for hydroxylation is 11. The van der Waals surface area contributed by atoms with E-state index in [4.69, 9.17) is 0 Å². The smallest absolute Gasteiger partial charge is 0.201 e. The summed E-state index contributed by atoms with van der Waals surface area (Å²) in [7, 11) is 4.11. The zero-order chi connectivity index (χ0) is 99.5. The van der Waals surface area contributed by atoms with Gasteiger partial charge < -0.3 is 0 Å². The van der Waals surface area contributed by atoms with Crippen molar-refractivity contribution >= 4 is 66.3 Å². The van der Waals surface area contributed by atoms with Crippen LogP contribution in [0.3, 0.4) is 0 Å². The highest BCUT2D eigenvalue weighted by Crippen LogP contribution is 2.39. The molecule has 0 bridgehead atoms. The Hall–Kier alpha value is -7.07. The fourth-order valence-corrected chi connectivity index (χ4v) is 27.7. The van der Waals surface area contributed by atoms with Gasteiger partial charge in [0.25, 0.3) is 0 Å². The van der Waals surface area contributed by atoms with Crippen molar-refractivity contribution in [3.63, 3.8) is 0 Å². The summed E-state index contributed by atoms with van der Waals surface area (Å²) in [6, 6.07) is 47.2. The Kier molecular flexibility index (Phi) is 36.1. The Morgan fingerprint density at radius 1 is 0.298 bits per heavy atom. The lowest BCUT2D eigenvalue weighted by Crippen LogP contribution is -2.47. The van der Waals surface area contributed by atoms with Gasteiger partial charge in [-0.2, -0.15) is 0 Å². The Labute approximate surface area is 810 Å². The minimum atomic E-state index is -1.41. The Bertz CT molecular complexity index is 5610. The number of hydrogen-bond donors (Lipinski definition) is 0. The predicted octanol–water partition coefficient (Wildman–Crippen LogP) is 28.4. The van der Waals surface area contributed by atoms with E-state index in [1.165, 1.54) is 149 Å². The molecule has 5 heterocycles. The van der Waals surface area contributed by atoms with Crippen LogP contribution in [0.15, 0.2) is 152 Å². The van der Waals surface area contributed by atoms with Crippen LogP contribution >= 0.6 is 0 Å². The normalized spacial score (nSPS) is 13.5. The molecule has 131 heavy (non-hydrogen) atoms. The first kappa shape index (κ1) is 111. The van der Waals surface area contributed by atoms with Crippen molar-refractivity contribution in [3.05, 3.63) is 236 Å². The predicted molar refractivity (Wildman–Crippen MR) is 592 cm³/mol.